The Hall–Kier alpha value is -0.815. The lowest BCUT2D eigenvalue weighted by molar-refractivity contribution is -0.136. The van der Waals surface area contributed by atoms with E-state index in [0.717, 1.165) is 0 Å². The van der Waals surface area contributed by atoms with Gasteiger partial charge in [-0.1, -0.05) is 33.7 Å². The van der Waals surface area contributed by atoms with Crippen LogP contribution in [0.3, 0.4) is 0 Å². The van der Waals surface area contributed by atoms with E-state index in [2.05, 4.69) is 13.2 Å². The van der Waals surface area contributed by atoms with Gasteiger partial charge in [-0.2, -0.15) is 0 Å². The molecule has 0 aromatic carbocycles. The van der Waals surface area contributed by atoms with Gasteiger partial charge in [0.05, 0.1) is 5.27 Å². The Balaban J connectivity index is 2.80. The minimum Gasteiger partial charge on any atom is -0.331 e. The maximum absolute atomic E-state index is 12.2. The molecular weight excluding hydrogens is 255 g/mol. The van der Waals surface area contributed by atoms with E-state index in [9.17, 15) is 9.59 Å². The summed E-state index contributed by atoms with van der Waals surface area (Å²) >= 11 is 0. The summed E-state index contributed by atoms with van der Waals surface area (Å²) in [4.78, 5) is 26.3. The smallest absolute Gasteiger partial charge is 0.257 e. The van der Waals surface area contributed by atoms with Crippen LogP contribution in [0, 0.1) is 0 Å². The van der Waals surface area contributed by atoms with Crippen molar-refractivity contribution in [1.29, 1.82) is 0 Å². The van der Waals surface area contributed by atoms with E-state index in [1.165, 1.54) is 15.7 Å². The highest BCUT2D eigenvalue weighted by Gasteiger charge is 2.36. The van der Waals surface area contributed by atoms with Crippen LogP contribution in [0.1, 0.15) is 0 Å². The zero-order valence-electron chi connectivity index (χ0n) is 9.74. The van der Waals surface area contributed by atoms with E-state index >= 15 is 0 Å². The second-order valence-electron chi connectivity index (χ2n) is 3.51. The molecule has 0 radical (unpaired) electrons. The molecule has 0 spiro atoms. The first-order valence-electron chi connectivity index (χ1n) is 5.21. The fourth-order valence-electron chi connectivity index (χ4n) is 1.46. The SMILES string of the molecule is BC1SSC(N(C=O)CC=C)C(=O)N1CC=C. The van der Waals surface area contributed by atoms with Crippen LogP contribution >= 0.6 is 21.6 Å². The minimum atomic E-state index is -0.466. The average Bonchev–Trinajstić information content (AvgIpc) is 2.32. The van der Waals surface area contributed by atoms with E-state index < -0.39 is 5.37 Å². The summed E-state index contributed by atoms with van der Waals surface area (Å²) in [6.07, 6.45) is 4.00. The van der Waals surface area contributed by atoms with Crippen molar-refractivity contribution in [2.75, 3.05) is 13.1 Å². The summed E-state index contributed by atoms with van der Waals surface area (Å²) in [5, 5.41) is -0.370. The van der Waals surface area contributed by atoms with Crippen molar-refractivity contribution >= 4 is 41.8 Å². The number of hydrogen-bond acceptors (Lipinski definition) is 4. The van der Waals surface area contributed by atoms with Crippen molar-refractivity contribution in [3.8, 4) is 0 Å². The molecule has 1 aliphatic rings. The van der Waals surface area contributed by atoms with Gasteiger partial charge in [-0.05, 0) is 0 Å². The predicted octanol–water partition coefficient (Wildman–Crippen LogP) is 0.283. The zero-order valence-corrected chi connectivity index (χ0v) is 11.4. The molecule has 1 heterocycles. The summed E-state index contributed by atoms with van der Waals surface area (Å²) in [6, 6.07) is 0. The molecule has 7 heteroatoms. The zero-order chi connectivity index (χ0) is 12.8. The third-order valence-corrected chi connectivity index (χ3v) is 5.34. The Labute approximate surface area is 110 Å². The molecule has 1 fully saturated rings. The second kappa shape index (κ2) is 6.81. The Kier molecular flexibility index (Phi) is 5.71. The molecule has 1 rings (SSSR count). The molecule has 17 heavy (non-hydrogen) atoms. The van der Waals surface area contributed by atoms with Gasteiger partial charge >= 0.3 is 0 Å². The third-order valence-electron chi connectivity index (χ3n) is 2.32. The summed E-state index contributed by atoms with van der Waals surface area (Å²) < 4.78 is 0. The molecule has 92 valence electrons. The molecule has 0 aliphatic carbocycles. The lowest BCUT2D eigenvalue weighted by Gasteiger charge is -2.38. The average molecular weight is 270 g/mol. The topological polar surface area (TPSA) is 40.6 Å². The fraction of sp³-hybridized carbons (Fsp3) is 0.400. The lowest BCUT2D eigenvalue weighted by Crippen LogP contribution is -2.52. The molecule has 2 atom stereocenters. The Bertz CT molecular complexity index is 327. The van der Waals surface area contributed by atoms with Gasteiger partial charge < -0.3 is 9.80 Å². The number of nitrogens with zero attached hydrogens (tertiary/aromatic N) is 2. The molecular formula is C10H15BN2O2S2. The van der Waals surface area contributed by atoms with Crippen molar-refractivity contribution in [1.82, 2.24) is 9.80 Å². The largest absolute Gasteiger partial charge is 0.331 e. The van der Waals surface area contributed by atoms with Gasteiger partial charge in [-0.25, -0.2) is 0 Å². The van der Waals surface area contributed by atoms with E-state index in [1.807, 2.05) is 7.85 Å². The van der Waals surface area contributed by atoms with Gasteiger partial charge in [0.1, 0.15) is 7.85 Å². The highest BCUT2D eigenvalue weighted by molar-refractivity contribution is 8.77. The predicted molar refractivity (Wildman–Crippen MR) is 76.2 cm³/mol. The first-order valence-corrected chi connectivity index (χ1v) is 7.48. The van der Waals surface area contributed by atoms with Gasteiger partial charge in [0, 0.05) is 13.1 Å². The molecule has 2 amide bonds. The van der Waals surface area contributed by atoms with E-state index in [4.69, 9.17) is 0 Å². The van der Waals surface area contributed by atoms with E-state index in [1.54, 1.807) is 27.8 Å². The van der Waals surface area contributed by atoms with Crippen LogP contribution in [0.4, 0.5) is 0 Å². The number of carbonyl (C=O) groups excluding carboxylic acids is 2. The fourth-order valence-corrected chi connectivity index (χ4v) is 4.18. The van der Waals surface area contributed by atoms with Crippen molar-refractivity contribution in [3.05, 3.63) is 25.3 Å². The highest BCUT2D eigenvalue weighted by atomic mass is 33.1. The van der Waals surface area contributed by atoms with Gasteiger partial charge in [-0.15, -0.1) is 13.2 Å². The van der Waals surface area contributed by atoms with Gasteiger partial charge in [0.2, 0.25) is 6.41 Å². The molecule has 0 bridgehead atoms. The molecule has 1 aliphatic heterocycles. The van der Waals surface area contributed by atoms with Crippen molar-refractivity contribution in [2.45, 2.75) is 10.6 Å². The van der Waals surface area contributed by atoms with Crippen LogP contribution in [0.5, 0.6) is 0 Å². The van der Waals surface area contributed by atoms with Crippen LogP contribution in [-0.2, 0) is 9.59 Å². The lowest BCUT2D eigenvalue weighted by atomic mass is 10.1. The molecule has 0 aromatic rings. The summed E-state index contributed by atoms with van der Waals surface area (Å²) in [5.74, 6) is -0.0462. The first-order chi connectivity index (χ1) is 8.15. The highest BCUT2D eigenvalue weighted by Crippen LogP contribution is 2.38. The summed E-state index contributed by atoms with van der Waals surface area (Å²) in [7, 11) is 4.97. The van der Waals surface area contributed by atoms with Crippen LogP contribution in [0.2, 0.25) is 0 Å². The Morgan fingerprint density at radius 3 is 2.65 bits per heavy atom. The Morgan fingerprint density at radius 2 is 2.12 bits per heavy atom. The molecule has 4 nitrogen and oxygen atoms in total. The summed E-state index contributed by atoms with van der Waals surface area (Å²) in [6.45, 7) is 8.11. The monoisotopic (exact) mass is 270 g/mol. The van der Waals surface area contributed by atoms with Crippen LogP contribution in [0.15, 0.2) is 25.3 Å². The maximum Gasteiger partial charge on any atom is 0.257 e. The molecule has 0 aromatic heterocycles. The Morgan fingerprint density at radius 1 is 1.41 bits per heavy atom. The van der Waals surface area contributed by atoms with Crippen LogP contribution in [0.25, 0.3) is 0 Å². The number of amides is 2. The number of carbonyl (C=O) groups is 2. The van der Waals surface area contributed by atoms with E-state index in [-0.39, 0.29) is 11.2 Å². The maximum atomic E-state index is 12.2. The number of hydrogen-bond donors (Lipinski definition) is 0. The standard InChI is InChI=1S/C10H15BN2O2S2/c1-3-5-12(7-14)9-8(15)13(6-4-2)10(11)17-16-9/h3-4,7,9-10H,1-2,5-6,11H2. The van der Waals surface area contributed by atoms with E-state index in [0.29, 0.717) is 19.5 Å². The van der Waals surface area contributed by atoms with Crippen LogP contribution in [-0.4, -0.2) is 53.7 Å². The van der Waals surface area contributed by atoms with Gasteiger partial charge in [0.15, 0.2) is 5.37 Å². The third kappa shape index (κ3) is 3.32. The van der Waals surface area contributed by atoms with Gasteiger partial charge in [-0.3, -0.25) is 9.59 Å². The number of rotatable bonds is 6. The normalized spacial score (nSPS) is 24.2. The molecule has 2 unspecified atom stereocenters. The van der Waals surface area contributed by atoms with Crippen molar-refractivity contribution in [3.63, 3.8) is 0 Å². The molecule has 0 N–H and O–H groups in total. The molecule has 0 saturated carbocycles. The van der Waals surface area contributed by atoms with Gasteiger partial charge in [0.25, 0.3) is 5.91 Å². The van der Waals surface area contributed by atoms with Crippen LogP contribution < -0.4 is 0 Å². The first kappa shape index (κ1) is 14.2. The molecule has 1 saturated heterocycles. The second-order valence-corrected chi connectivity index (χ2v) is 6.18. The summed E-state index contributed by atoms with van der Waals surface area (Å²) in [5.41, 5.74) is 0. The quantitative estimate of drug-likeness (QED) is 0.301. The minimum absolute atomic E-state index is 0.0462. The van der Waals surface area contributed by atoms with Crippen molar-refractivity contribution in [2.24, 2.45) is 0 Å². The van der Waals surface area contributed by atoms with Crippen molar-refractivity contribution < 1.29 is 9.59 Å².